The van der Waals surface area contributed by atoms with Crippen molar-refractivity contribution < 1.29 is 4.74 Å². The third-order valence-corrected chi connectivity index (χ3v) is 3.27. The quantitative estimate of drug-likeness (QED) is 0.590. The summed E-state index contributed by atoms with van der Waals surface area (Å²) in [7, 11) is 0. The molecule has 4 unspecified atom stereocenters. The van der Waals surface area contributed by atoms with Gasteiger partial charge in [-0.25, -0.2) is 0 Å². The molecule has 1 rings (SSSR count). The molecule has 1 aliphatic heterocycles. The monoisotopic (exact) mass is 204 g/mol. The summed E-state index contributed by atoms with van der Waals surface area (Å²) in [6.45, 7) is 2.76. The molecule has 0 amide bonds. The van der Waals surface area contributed by atoms with Crippen LogP contribution in [0.2, 0.25) is 0 Å². The van der Waals surface area contributed by atoms with Crippen LogP contribution in [0.3, 0.4) is 0 Å². The first-order valence-electron chi connectivity index (χ1n) is 4.90. The van der Waals surface area contributed by atoms with E-state index < -0.39 is 0 Å². The highest BCUT2D eigenvalue weighted by atomic mass is 32.1. The number of hydrogen-bond donors (Lipinski definition) is 3. The van der Waals surface area contributed by atoms with Crippen molar-refractivity contribution in [3.05, 3.63) is 0 Å². The second-order valence-electron chi connectivity index (χ2n) is 3.85. The molecule has 4 N–H and O–H groups in total. The van der Waals surface area contributed by atoms with Gasteiger partial charge < -0.3 is 16.2 Å². The number of ether oxygens (including phenoxy) is 1. The first-order valence-corrected chi connectivity index (χ1v) is 5.53. The van der Waals surface area contributed by atoms with Crippen molar-refractivity contribution in [2.45, 2.75) is 32.0 Å². The van der Waals surface area contributed by atoms with Crippen LogP contribution >= 0.6 is 12.6 Å². The van der Waals surface area contributed by atoms with Gasteiger partial charge in [0.05, 0.1) is 6.61 Å². The van der Waals surface area contributed by atoms with Gasteiger partial charge in [-0.1, -0.05) is 6.92 Å². The molecule has 78 valence electrons. The van der Waals surface area contributed by atoms with Crippen molar-refractivity contribution in [1.29, 1.82) is 0 Å². The summed E-state index contributed by atoms with van der Waals surface area (Å²) in [6, 6.07) is 0.143. The lowest BCUT2D eigenvalue weighted by Gasteiger charge is -2.38. The first kappa shape index (κ1) is 11.3. The van der Waals surface area contributed by atoms with Gasteiger partial charge in [-0.15, -0.1) is 0 Å². The zero-order chi connectivity index (χ0) is 9.84. The summed E-state index contributed by atoms with van der Waals surface area (Å²) < 4.78 is 5.40. The Labute approximate surface area is 85.6 Å². The van der Waals surface area contributed by atoms with E-state index in [-0.39, 0.29) is 12.3 Å². The van der Waals surface area contributed by atoms with Gasteiger partial charge in [0.1, 0.15) is 6.23 Å². The van der Waals surface area contributed by atoms with E-state index >= 15 is 0 Å². The van der Waals surface area contributed by atoms with Gasteiger partial charge in [0.25, 0.3) is 0 Å². The molecule has 3 nitrogen and oxygen atoms in total. The van der Waals surface area contributed by atoms with Gasteiger partial charge >= 0.3 is 0 Å². The Morgan fingerprint density at radius 2 is 2.15 bits per heavy atom. The highest BCUT2D eigenvalue weighted by Crippen LogP contribution is 2.27. The lowest BCUT2D eigenvalue weighted by atomic mass is 9.82. The summed E-state index contributed by atoms with van der Waals surface area (Å²) >= 11 is 4.19. The molecule has 0 aliphatic carbocycles. The molecule has 0 aromatic carbocycles. The maximum absolute atomic E-state index is 5.90. The van der Waals surface area contributed by atoms with E-state index in [1.165, 1.54) is 0 Å². The van der Waals surface area contributed by atoms with Crippen LogP contribution in [0, 0.1) is 11.8 Å². The van der Waals surface area contributed by atoms with Gasteiger partial charge in [0, 0.05) is 12.0 Å². The van der Waals surface area contributed by atoms with E-state index in [0.717, 1.165) is 18.6 Å². The summed E-state index contributed by atoms with van der Waals surface area (Å²) in [5, 5.41) is 0. The number of nitrogens with two attached hydrogens (primary N) is 2. The molecule has 0 bridgehead atoms. The van der Waals surface area contributed by atoms with Crippen molar-refractivity contribution in [2.75, 3.05) is 12.4 Å². The maximum atomic E-state index is 5.90. The van der Waals surface area contributed by atoms with Crippen molar-refractivity contribution >= 4 is 12.6 Å². The molecular weight excluding hydrogens is 184 g/mol. The van der Waals surface area contributed by atoms with Crippen LogP contribution in [-0.4, -0.2) is 24.6 Å². The summed E-state index contributed by atoms with van der Waals surface area (Å²) in [6.07, 6.45) is 2.02. The molecule has 13 heavy (non-hydrogen) atoms. The van der Waals surface area contributed by atoms with Gasteiger partial charge in [-0.2, -0.15) is 12.6 Å². The highest BCUT2D eigenvalue weighted by molar-refractivity contribution is 7.80. The van der Waals surface area contributed by atoms with E-state index in [4.69, 9.17) is 16.2 Å². The molecule has 4 atom stereocenters. The summed E-state index contributed by atoms with van der Waals surface area (Å²) in [4.78, 5) is 0. The standard InChI is InChI=1S/C9H20N2OS/c1-6-7(3-2-4-13)9(11)12-5-8(6)10/h6-9,13H,2-5,10-11H2,1H3. The second-order valence-corrected chi connectivity index (χ2v) is 4.30. The van der Waals surface area contributed by atoms with Gasteiger partial charge in [-0.05, 0) is 24.5 Å². The molecule has 4 heteroatoms. The van der Waals surface area contributed by atoms with Crippen LogP contribution in [0.25, 0.3) is 0 Å². The van der Waals surface area contributed by atoms with Gasteiger partial charge in [0.2, 0.25) is 0 Å². The van der Waals surface area contributed by atoms with E-state index in [0.29, 0.717) is 18.4 Å². The van der Waals surface area contributed by atoms with E-state index in [9.17, 15) is 0 Å². The van der Waals surface area contributed by atoms with Crippen molar-refractivity contribution in [3.8, 4) is 0 Å². The average molecular weight is 204 g/mol. The summed E-state index contributed by atoms with van der Waals surface area (Å²) in [5.74, 6) is 1.77. The molecule has 0 radical (unpaired) electrons. The minimum absolute atomic E-state index is 0.130. The SMILES string of the molecule is CC1C(N)COC(N)C1CCCS. The van der Waals surface area contributed by atoms with E-state index in [2.05, 4.69) is 19.6 Å². The van der Waals surface area contributed by atoms with Crippen LogP contribution < -0.4 is 11.5 Å². The molecule has 0 aromatic rings. The predicted octanol–water partition coefficient (Wildman–Crippen LogP) is 0.591. The molecule has 1 fully saturated rings. The minimum atomic E-state index is -0.130. The zero-order valence-corrected chi connectivity index (χ0v) is 9.04. The van der Waals surface area contributed by atoms with Crippen molar-refractivity contribution in [1.82, 2.24) is 0 Å². The fourth-order valence-electron chi connectivity index (χ4n) is 1.87. The minimum Gasteiger partial charge on any atom is -0.362 e. The molecular formula is C9H20N2OS. The van der Waals surface area contributed by atoms with E-state index in [1.54, 1.807) is 0 Å². The molecule has 1 saturated heterocycles. The van der Waals surface area contributed by atoms with Crippen LogP contribution in [0.1, 0.15) is 19.8 Å². The molecule has 0 aromatic heterocycles. The third kappa shape index (κ3) is 2.84. The largest absolute Gasteiger partial charge is 0.362 e. The Morgan fingerprint density at radius 1 is 1.46 bits per heavy atom. The Bertz CT molecular complexity index is 157. The fraction of sp³-hybridized carbons (Fsp3) is 1.00. The lowest BCUT2D eigenvalue weighted by Crippen LogP contribution is -2.51. The zero-order valence-electron chi connectivity index (χ0n) is 8.15. The highest BCUT2D eigenvalue weighted by Gasteiger charge is 2.33. The smallest absolute Gasteiger partial charge is 0.108 e. The average Bonchev–Trinajstić information content (AvgIpc) is 2.12. The summed E-state index contributed by atoms with van der Waals surface area (Å²) in [5.41, 5.74) is 11.8. The van der Waals surface area contributed by atoms with Gasteiger partial charge in [-0.3, -0.25) is 0 Å². The Morgan fingerprint density at radius 3 is 2.77 bits per heavy atom. The normalized spacial score (nSPS) is 40.6. The van der Waals surface area contributed by atoms with Crippen LogP contribution in [0.4, 0.5) is 0 Å². The van der Waals surface area contributed by atoms with Crippen LogP contribution in [0.5, 0.6) is 0 Å². The van der Waals surface area contributed by atoms with Crippen LogP contribution in [0.15, 0.2) is 0 Å². The number of rotatable bonds is 3. The van der Waals surface area contributed by atoms with Crippen LogP contribution in [-0.2, 0) is 4.74 Å². The second kappa shape index (κ2) is 5.20. The molecule has 0 saturated carbocycles. The number of hydrogen-bond acceptors (Lipinski definition) is 4. The molecule has 1 aliphatic rings. The van der Waals surface area contributed by atoms with E-state index in [1.807, 2.05) is 0 Å². The molecule has 0 spiro atoms. The topological polar surface area (TPSA) is 61.3 Å². The maximum Gasteiger partial charge on any atom is 0.108 e. The predicted molar refractivity (Wildman–Crippen MR) is 57.6 cm³/mol. The third-order valence-electron chi connectivity index (χ3n) is 2.95. The van der Waals surface area contributed by atoms with Crippen molar-refractivity contribution in [2.24, 2.45) is 23.3 Å². The fourth-order valence-corrected chi connectivity index (χ4v) is 2.05. The Balaban J connectivity index is 2.45. The molecule has 1 heterocycles. The Kier molecular flexibility index (Phi) is 4.52. The van der Waals surface area contributed by atoms with Crippen molar-refractivity contribution in [3.63, 3.8) is 0 Å². The lowest BCUT2D eigenvalue weighted by molar-refractivity contribution is -0.0630. The Hall–Kier alpha value is 0.230. The van der Waals surface area contributed by atoms with Gasteiger partial charge in [0.15, 0.2) is 0 Å². The number of thiol groups is 1. The first-order chi connectivity index (χ1) is 6.16.